The van der Waals surface area contributed by atoms with E-state index in [9.17, 15) is 9.59 Å². The summed E-state index contributed by atoms with van der Waals surface area (Å²) in [7, 11) is 0. The van der Waals surface area contributed by atoms with Crippen LogP contribution in [0.3, 0.4) is 0 Å². The Morgan fingerprint density at radius 2 is 1.86 bits per heavy atom. The molecule has 0 unspecified atom stereocenters. The fourth-order valence-electron chi connectivity index (χ4n) is 2.01. The van der Waals surface area contributed by atoms with Gasteiger partial charge in [-0.2, -0.15) is 0 Å². The Morgan fingerprint density at radius 1 is 1.14 bits per heavy atom. The zero-order valence-corrected chi connectivity index (χ0v) is 12.1. The lowest BCUT2D eigenvalue weighted by molar-refractivity contribution is 0.0938. The number of hydrogen-bond donors (Lipinski definition) is 1. The topological polar surface area (TPSA) is 72.2 Å². The van der Waals surface area contributed by atoms with Gasteiger partial charge in [-0.3, -0.25) is 9.59 Å². The van der Waals surface area contributed by atoms with Gasteiger partial charge in [0.2, 0.25) is 11.1 Å². The Kier molecular flexibility index (Phi) is 3.89. The molecule has 1 amide bonds. The Morgan fingerprint density at radius 3 is 2.64 bits per heavy atom. The third-order valence-electron chi connectivity index (χ3n) is 3.16. The van der Waals surface area contributed by atoms with E-state index < -0.39 is 11.3 Å². The second-order valence-electron chi connectivity index (χ2n) is 4.67. The van der Waals surface area contributed by atoms with Crippen molar-refractivity contribution in [1.82, 2.24) is 10.5 Å². The minimum absolute atomic E-state index is 0.257. The van der Waals surface area contributed by atoms with Gasteiger partial charge in [0.1, 0.15) is 0 Å². The Hall–Kier alpha value is -2.66. The molecule has 0 spiro atoms. The van der Waals surface area contributed by atoms with E-state index in [-0.39, 0.29) is 12.2 Å². The van der Waals surface area contributed by atoms with Gasteiger partial charge < -0.3 is 9.84 Å². The number of aromatic nitrogens is 1. The number of amides is 1. The maximum atomic E-state index is 12.2. The van der Waals surface area contributed by atoms with E-state index in [0.29, 0.717) is 16.0 Å². The van der Waals surface area contributed by atoms with E-state index in [1.54, 1.807) is 48.5 Å². The summed E-state index contributed by atoms with van der Waals surface area (Å²) in [6.07, 6.45) is 0. The van der Waals surface area contributed by atoms with Crippen LogP contribution in [0.2, 0.25) is 5.02 Å². The first-order valence-corrected chi connectivity index (χ1v) is 6.94. The summed E-state index contributed by atoms with van der Waals surface area (Å²) >= 11 is 5.80. The third-order valence-corrected chi connectivity index (χ3v) is 3.42. The lowest BCUT2D eigenvalue weighted by atomic mass is 10.2. The van der Waals surface area contributed by atoms with Crippen LogP contribution in [0.4, 0.5) is 0 Å². The normalized spacial score (nSPS) is 10.6. The highest BCUT2D eigenvalue weighted by atomic mass is 35.5. The van der Waals surface area contributed by atoms with Gasteiger partial charge in [0.05, 0.1) is 5.39 Å². The van der Waals surface area contributed by atoms with Crippen LogP contribution in [0.5, 0.6) is 0 Å². The summed E-state index contributed by atoms with van der Waals surface area (Å²) in [4.78, 5) is 24.3. The van der Waals surface area contributed by atoms with E-state index >= 15 is 0 Å². The highest BCUT2D eigenvalue weighted by Crippen LogP contribution is 2.10. The van der Waals surface area contributed by atoms with Crippen LogP contribution in [-0.4, -0.2) is 11.1 Å². The number of rotatable bonds is 3. The Bertz CT molecular complexity index is 888. The minimum atomic E-state index is -0.575. The van der Waals surface area contributed by atoms with Crippen LogP contribution < -0.4 is 10.7 Å². The molecule has 0 aliphatic heterocycles. The maximum Gasteiger partial charge on any atom is 0.277 e. The first-order chi connectivity index (χ1) is 10.6. The Labute approximate surface area is 130 Å². The number of benzene rings is 2. The van der Waals surface area contributed by atoms with Crippen molar-refractivity contribution in [3.63, 3.8) is 0 Å². The van der Waals surface area contributed by atoms with Gasteiger partial charge in [-0.05, 0) is 29.8 Å². The lowest BCUT2D eigenvalue weighted by Gasteiger charge is -2.04. The molecule has 110 valence electrons. The van der Waals surface area contributed by atoms with Gasteiger partial charge in [0.15, 0.2) is 5.58 Å². The number of hydrogen-bond acceptors (Lipinski definition) is 4. The largest absolute Gasteiger partial charge is 0.355 e. The van der Waals surface area contributed by atoms with Gasteiger partial charge in [0, 0.05) is 11.6 Å². The summed E-state index contributed by atoms with van der Waals surface area (Å²) < 4.78 is 5.08. The Balaban J connectivity index is 1.82. The van der Waals surface area contributed by atoms with Crippen LogP contribution >= 0.6 is 11.6 Å². The van der Waals surface area contributed by atoms with Crippen molar-refractivity contribution in [3.05, 3.63) is 75.0 Å². The standard InChI is InChI=1S/C16H11ClN2O3/c17-11-7-5-10(6-8-11)9-18-16(21)14-15(20)12-3-1-2-4-13(12)22-19-14/h1-8H,9H2,(H,18,21). The van der Waals surface area contributed by atoms with Crippen LogP contribution in [-0.2, 0) is 6.54 Å². The van der Waals surface area contributed by atoms with Crippen molar-refractivity contribution in [3.8, 4) is 0 Å². The number of nitrogens with zero attached hydrogens (tertiary/aromatic N) is 1. The molecule has 0 atom stereocenters. The minimum Gasteiger partial charge on any atom is -0.355 e. The number of para-hydroxylation sites is 1. The van der Waals surface area contributed by atoms with Crippen LogP contribution in [0.1, 0.15) is 16.1 Å². The molecule has 1 N–H and O–H groups in total. The molecule has 0 saturated carbocycles. The number of fused-ring (bicyclic) bond motifs is 1. The first kappa shape index (κ1) is 14.3. The zero-order valence-electron chi connectivity index (χ0n) is 11.4. The molecule has 5 nitrogen and oxygen atoms in total. The molecule has 2 aromatic carbocycles. The van der Waals surface area contributed by atoms with Crippen molar-refractivity contribution in [2.24, 2.45) is 0 Å². The molecule has 0 fully saturated rings. The molecule has 1 aromatic heterocycles. The number of carbonyl (C=O) groups excluding carboxylic acids is 1. The molecule has 0 aliphatic carbocycles. The lowest BCUT2D eigenvalue weighted by Crippen LogP contribution is -2.29. The molecule has 0 bridgehead atoms. The SMILES string of the molecule is O=C(NCc1ccc(Cl)cc1)c1noc2ccccc2c1=O. The number of nitrogens with one attached hydrogen (secondary N) is 1. The highest BCUT2D eigenvalue weighted by molar-refractivity contribution is 6.30. The van der Waals surface area contributed by atoms with E-state index in [0.717, 1.165) is 5.56 Å². The molecule has 1 heterocycles. The summed E-state index contributed by atoms with van der Waals surface area (Å²) in [5, 5.41) is 7.19. The predicted octanol–water partition coefficient (Wildman–Crippen LogP) is 2.77. The van der Waals surface area contributed by atoms with Crippen molar-refractivity contribution in [1.29, 1.82) is 0 Å². The van der Waals surface area contributed by atoms with Gasteiger partial charge >= 0.3 is 0 Å². The molecule has 3 aromatic rings. The molecule has 22 heavy (non-hydrogen) atoms. The second-order valence-corrected chi connectivity index (χ2v) is 5.10. The maximum absolute atomic E-state index is 12.2. The van der Waals surface area contributed by atoms with Gasteiger partial charge in [-0.1, -0.05) is 41.0 Å². The number of halogens is 1. The average Bonchev–Trinajstić information content (AvgIpc) is 2.55. The first-order valence-electron chi connectivity index (χ1n) is 6.56. The van der Waals surface area contributed by atoms with E-state index in [1.807, 2.05) is 0 Å². The predicted molar refractivity (Wildman–Crippen MR) is 82.9 cm³/mol. The zero-order chi connectivity index (χ0) is 15.5. The smallest absolute Gasteiger partial charge is 0.277 e. The van der Waals surface area contributed by atoms with Crippen LogP contribution in [0.25, 0.3) is 11.0 Å². The van der Waals surface area contributed by atoms with Gasteiger partial charge in [0.25, 0.3) is 5.91 Å². The molecule has 0 aliphatic rings. The molecule has 3 rings (SSSR count). The number of carbonyl (C=O) groups is 1. The third kappa shape index (κ3) is 2.84. The van der Waals surface area contributed by atoms with Crippen molar-refractivity contribution >= 4 is 28.5 Å². The van der Waals surface area contributed by atoms with Crippen molar-refractivity contribution in [2.45, 2.75) is 6.54 Å². The molecule has 0 saturated heterocycles. The van der Waals surface area contributed by atoms with Gasteiger partial charge in [-0.15, -0.1) is 0 Å². The molecule has 0 radical (unpaired) electrons. The highest BCUT2D eigenvalue weighted by Gasteiger charge is 2.15. The fraction of sp³-hybridized carbons (Fsp3) is 0.0625. The average molecular weight is 315 g/mol. The molecule has 6 heteroatoms. The monoisotopic (exact) mass is 314 g/mol. The van der Waals surface area contributed by atoms with E-state index in [1.165, 1.54) is 0 Å². The summed E-state index contributed by atoms with van der Waals surface area (Å²) in [6, 6.07) is 13.7. The van der Waals surface area contributed by atoms with Crippen molar-refractivity contribution in [2.75, 3.05) is 0 Å². The van der Waals surface area contributed by atoms with Gasteiger partial charge in [-0.25, -0.2) is 0 Å². The quantitative estimate of drug-likeness (QED) is 0.807. The molecular weight excluding hydrogens is 304 g/mol. The summed E-state index contributed by atoms with van der Waals surface area (Å²) in [5.74, 6) is -0.575. The molecular formula is C16H11ClN2O3. The van der Waals surface area contributed by atoms with Crippen LogP contribution in [0, 0.1) is 0 Å². The fourth-order valence-corrected chi connectivity index (χ4v) is 2.14. The van der Waals surface area contributed by atoms with E-state index in [2.05, 4.69) is 10.5 Å². The van der Waals surface area contributed by atoms with E-state index in [4.69, 9.17) is 16.1 Å². The summed E-state index contributed by atoms with van der Waals surface area (Å²) in [5.41, 5.74) is 0.507. The van der Waals surface area contributed by atoms with Crippen LogP contribution in [0.15, 0.2) is 57.8 Å². The van der Waals surface area contributed by atoms with Crippen molar-refractivity contribution < 1.29 is 9.32 Å². The summed E-state index contributed by atoms with van der Waals surface area (Å²) in [6.45, 7) is 0.268. The second kappa shape index (κ2) is 5.99.